The van der Waals surface area contributed by atoms with Crippen LogP contribution in [0.3, 0.4) is 0 Å². The van der Waals surface area contributed by atoms with Crippen molar-refractivity contribution >= 4 is 34.0 Å². The lowest BCUT2D eigenvalue weighted by Gasteiger charge is -2.15. The molecule has 120 valence electrons. The summed E-state index contributed by atoms with van der Waals surface area (Å²) in [6.45, 7) is 4.30. The summed E-state index contributed by atoms with van der Waals surface area (Å²) in [7, 11) is 0. The summed E-state index contributed by atoms with van der Waals surface area (Å²) in [6.07, 6.45) is 0. The number of benzene rings is 2. The topological polar surface area (TPSA) is 75.4 Å². The molecule has 1 aliphatic rings. The van der Waals surface area contributed by atoms with Gasteiger partial charge in [0.1, 0.15) is 0 Å². The van der Waals surface area contributed by atoms with Gasteiger partial charge in [0.2, 0.25) is 5.76 Å². The van der Waals surface area contributed by atoms with Crippen LogP contribution in [0.5, 0.6) is 0 Å². The Bertz CT molecular complexity index is 990. The van der Waals surface area contributed by atoms with Crippen LogP contribution < -0.4 is 10.2 Å². The number of aryl methyl sites for hydroxylation is 1. The number of hydrogen-bond acceptors (Lipinski definition) is 4. The zero-order valence-electron chi connectivity index (χ0n) is 13.3. The van der Waals surface area contributed by atoms with Crippen LogP contribution in [0.4, 0.5) is 11.4 Å². The van der Waals surface area contributed by atoms with Gasteiger partial charge in [-0.25, -0.2) is 0 Å². The highest BCUT2D eigenvalue weighted by molar-refractivity contribution is 6.27. The van der Waals surface area contributed by atoms with Gasteiger partial charge in [-0.3, -0.25) is 9.59 Å². The quantitative estimate of drug-likeness (QED) is 0.802. The Morgan fingerprint density at radius 2 is 2.12 bits per heavy atom. The van der Waals surface area contributed by atoms with Crippen LogP contribution >= 0.6 is 0 Å². The van der Waals surface area contributed by atoms with E-state index in [0.29, 0.717) is 23.5 Å². The second-order valence-electron chi connectivity index (χ2n) is 5.70. The molecule has 0 unspecified atom stereocenters. The molecule has 2 amide bonds. The van der Waals surface area contributed by atoms with Crippen molar-refractivity contribution in [2.45, 2.75) is 13.8 Å². The lowest BCUT2D eigenvalue weighted by molar-refractivity contribution is 0.0983. The van der Waals surface area contributed by atoms with Gasteiger partial charge in [0.05, 0.1) is 11.4 Å². The molecule has 6 heteroatoms. The summed E-state index contributed by atoms with van der Waals surface area (Å²) in [6, 6.07) is 10.8. The highest BCUT2D eigenvalue weighted by atomic mass is 16.5. The van der Waals surface area contributed by atoms with Crippen LogP contribution in [-0.2, 0) is 0 Å². The average molecular weight is 321 g/mol. The van der Waals surface area contributed by atoms with E-state index < -0.39 is 0 Å². The second-order valence-corrected chi connectivity index (χ2v) is 5.70. The molecule has 6 nitrogen and oxygen atoms in total. The monoisotopic (exact) mass is 321 g/mol. The zero-order valence-corrected chi connectivity index (χ0v) is 13.3. The van der Waals surface area contributed by atoms with Crippen LogP contribution in [0.1, 0.15) is 33.5 Å². The Morgan fingerprint density at radius 1 is 1.29 bits per heavy atom. The smallest absolute Gasteiger partial charge is 0.294 e. The van der Waals surface area contributed by atoms with E-state index in [0.717, 1.165) is 16.5 Å². The molecule has 3 aromatic rings. The lowest BCUT2D eigenvalue weighted by atomic mass is 10.0. The molecule has 0 bridgehead atoms. The number of carbonyl (C=O) groups is 2. The fourth-order valence-corrected chi connectivity index (χ4v) is 3.12. The van der Waals surface area contributed by atoms with Crippen LogP contribution in [0.2, 0.25) is 0 Å². The summed E-state index contributed by atoms with van der Waals surface area (Å²) in [4.78, 5) is 26.5. The van der Waals surface area contributed by atoms with Crippen molar-refractivity contribution in [1.82, 2.24) is 5.16 Å². The Hall–Kier alpha value is -3.15. The minimum absolute atomic E-state index is 0.00700. The molecule has 24 heavy (non-hydrogen) atoms. The van der Waals surface area contributed by atoms with E-state index in [2.05, 4.69) is 10.5 Å². The van der Waals surface area contributed by atoms with Gasteiger partial charge < -0.3 is 14.7 Å². The van der Waals surface area contributed by atoms with Crippen molar-refractivity contribution in [3.05, 3.63) is 53.4 Å². The summed E-state index contributed by atoms with van der Waals surface area (Å²) in [5.74, 6) is -0.220. The molecule has 0 fully saturated rings. The van der Waals surface area contributed by atoms with Gasteiger partial charge in [0.25, 0.3) is 11.8 Å². The first-order valence-corrected chi connectivity index (χ1v) is 7.72. The number of amides is 2. The van der Waals surface area contributed by atoms with Crippen LogP contribution in [0.15, 0.2) is 40.9 Å². The van der Waals surface area contributed by atoms with E-state index in [4.69, 9.17) is 4.52 Å². The van der Waals surface area contributed by atoms with Gasteiger partial charge in [-0.15, -0.1) is 0 Å². The number of hydrogen-bond donors (Lipinski definition) is 1. The fraction of sp³-hybridized carbons (Fsp3) is 0.167. The van der Waals surface area contributed by atoms with Crippen molar-refractivity contribution in [2.24, 2.45) is 0 Å². The summed E-state index contributed by atoms with van der Waals surface area (Å²) in [5, 5.41) is 8.27. The van der Waals surface area contributed by atoms with Gasteiger partial charge in [0, 0.05) is 34.6 Å². The number of carbonyl (C=O) groups excluding carboxylic acids is 2. The van der Waals surface area contributed by atoms with Gasteiger partial charge >= 0.3 is 0 Å². The van der Waals surface area contributed by atoms with Crippen molar-refractivity contribution in [3.8, 4) is 0 Å². The number of aromatic nitrogens is 1. The van der Waals surface area contributed by atoms with Crippen molar-refractivity contribution in [1.29, 1.82) is 0 Å². The normalized spacial score (nSPS) is 12.9. The molecule has 1 aromatic heterocycles. The molecule has 0 saturated carbocycles. The first kappa shape index (κ1) is 14.4. The Morgan fingerprint density at radius 3 is 2.83 bits per heavy atom. The third kappa shape index (κ3) is 2.00. The fourth-order valence-electron chi connectivity index (χ4n) is 3.12. The molecule has 1 N–H and O–H groups in total. The third-order valence-corrected chi connectivity index (χ3v) is 4.20. The van der Waals surface area contributed by atoms with Crippen LogP contribution in [-0.4, -0.2) is 23.5 Å². The minimum atomic E-state index is -0.368. The Balaban J connectivity index is 1.80. The van der Waals surface area contributed by atoms with Crippen molar-refractivity contribution < 1.29 is 14.1 Å². The van der Waals surface area contributed by atoms with Gasteiger partial charge in [-0.2, -0.15) is 0 Å². The largest absolute Gasteiger partial charge is 0.351 e. The minimum Gasteiger partial charge on any atom is -0.351 e. The predicted octanol–water partition coefficient (Wildman–Crippen LogP) is 3.37. The zero-order chi connectivity index (χ0) is 16.8. The van der Waals surface area contributed by atoms with Crippen LogP contribution in [0.25, 0.3) is 10.8 Å². The van der Waals surface area contributed by atoms with E-state index in [1.807, 2.05) is 37.3 Å². The summed E-state index contributed by atoms with van der Waals surface area (Å²) < 4.78 is 5.00. The third-order valence-electron chi connectivity index (χ3n) is 4.20. The predicted molar refractivity (Wildman–Crippen MR) is 90.5 cm³/mol. The van der Waals surface area contributed by atoms with Crippen molar-refractivity contribution in [3.63, 3.8) is 0 Å². The number of nitrogens with one attached hydrogen (secondary N) is 1. The molecule has 4 rings (SSSR count). The first-order valence-electron chi connectivity index (χ1n) is 7.72. The van der Waals surface area contributed by atoms with Gasteiger partial charge in [0.15, 0.2) is 0 Å². The highest BCUT2D eigenvalue weighted by Gasteiger charge is 2.29. The molecule has 2 aromatic carbocycles. The second kappa shape index (κ2) is 5.19. The summed E-state index contributed by atoms with van der Waals surface area (Å²) >= 11 is 0. The lowest BCUT2D eigenvalue weighted by Crippen LogP contribution is -2.25. The molecule has 0 radical (unpaired) electrons. The molecule has 1 aliphatic heterocycles. The maximum atomic E-state index is 12.5. The molecular weight excluding hydrogens is 306 g/mol. The van der Waals surface area contributed by atoms with Gasteiger partial charge in [-0.05, 0) is 32.0 Å². The van der Waals surface area contributed by atoms with Gasteiger partial charge in [-0.1, -0.05) is 17.3 Å². The molecule has 0 atom stereocenters. The number of rotatable bonds is 3. The first-order chi connectivity index (χ1) is 11.6. The SMILES string of the molecule is CCN1C(=O)c2cccc3c(NC(=O)c4cc(C)no4)ccc1c23. The Kier molecular flexibility index (Phi) is 3.13. The van der Waals surface area contributed by atoms with Crippen LogP contribution in [0, 0.1) is 6.92 Å². The van der Waals surface area contributed by atoms with E-state index in [1.165, 1.54) is 0 Å². The molecule has 0 aliphatic carbocycles. The standard InChI is InChI=1S/C18H15N3O3/c1-3-21-14-8-7-13(19-17(22)15-9-10(2)20-24-15)11-5-4-6-12(16(11)14)18(21)23/h4-9H,3H2,1-2H3,(H,19,22). The van der Waals surface area contributed by atoms with E-state index in [9.17, 15) is 9.59 Å². The number of nitrogens with zero attached hydrogens (tertiary/aromatic N) is 2. The Labute approximate surface area is 138 Å². The molecule has 0 spiro atoms. The maximum Gasteiger partial charge on any atom is 0.294 e. The van der Waals surface area contributed by atoms with E-state index in [-0.39, 0.29) is 17.6 Å². The molecule has 0 saturated heterocycles. The highest BCUT2D eigenvalue weighted by Crippen LogP contribution is 2.40. The number of anilines is 2. The average Bonchev–Trinajstić information content (AvgIpc) is 3.13. The molecular formula is C18H15N3O3. The maximum absolute atomic E-state index is 12.5. The van der Waals surface area contributed by atoms with E-state index in [1.54, 1.807) is 17.9 Å². The molecule has 2 heterocycles. The van der Waals surface area contributed by atoms with E-state index >= 15 is 0 Å². The summed E-state index contributed by atoms with van der Waals surface area (Å²) in [5.41, 5.74) is 2.82. The van der Waals surface area contributed by atoms with Crippen molar-refractivity contribution in [2.75, 3.05) is 16.8 Å².